The van der Waals surface area contributed by atoms with E-state index in [4.69, 9.17) is 5.73 Å². The average molecular weight is 404 g/mol. The van der Waals surface area contributed by atoms with Crippen LogP contribution in [-0.4, -0.2) is 28.9 Å². The molecule has 4 nitrogen and oxygen atoms in total. The fourth-order valence-corrected chi connectivity index (χ4v) is 5.38. The summed E-state index contributed by atoms with van der Waals surface area (Å²) < 4.78 is 32.9. The van der Waals surface area contributed by atoms with E-state index >= 15 is 8.78 Å². The molecule has 0 spiro atoms. The number of nitrogens with zero attached hydrogens (tertiary/aromatic N) is 2. The lowest BCUT2D eigenvalue weighted by Gasteiger charge is -2.28. The molecule has 2 aliphatic rings. The molecular formula is C23H31F2N3O. The van der Waals surface area contributed by atoms with E-state index in [1.807, 2.05) is 20.0 Å². The Balaban J connectivity index is 1.95. The normalized spacial score (nSPS) is 27.6. The lowest BCUT2D eigenvalue weighted by Crippen LogP contribution is -2.53. The zero-order valence-corrected chi connectivity index (χ0v) is 17.8. The smallest absolute Gasteiger partial charge is 0.192 e. The maximum absolute atomic E-state index is 15.5. The molecule has 0 bridgehead atoms. The van der Waals surface area contributed by atoms with Crippen LogP contribution in [0.5, 0.6) is 0 Å². The van der Waals surface area contributed by atoms with Crippen molar-refractivity contribution in [2.45, 2.75) is 77.0 Å². The number of fused-ring (bicyclic) bond motifs is 2. The van der Waals surface area contributed by atoms with Gasteiger partial charge >= 0.3 is 0 Å². The van der Waals surface area contributed by atoms with E-state index in [0.29, 0.717) is 48.0 Å². The van der Waals surface area contributed by atoms with Crippen LogP contribution in [0.1, 0.15) is 63.6 Å². The van der Waals surface area contributed by atoms with Crippen molar-refractivity contribution in [2.75, 3.05) is 18.0 Å². The first kappa shape index (κ1) is 20.3. The SMILES string of the molecule is CCc1cn(C(C)CC)c2c(C)c(N3CC4(N)CCCC4(F)C3)c(F)cc2c1=O. The van der Waals surface area contributed by atoms with E-state index < -0.39 is 17.0 Å². The van der Waals surface area contributed by atoms with Gasteiger partial charge in [-0.3, -0.25) is 4.79 Å². The molecule has 2 fully saturated rings. The molecule has 1 saturated heterocycles. The van der Waals surface area contributed by atoms with Crippen LogP contribution < -0.4 is 16.1 Å². The fourth-order valence-electron chi connectivity index (χ4n) is 5.38. The molecule has 2 aromatic rings. The van der Waals surface area contributed by atoms with Crippen molar-refractivity contribution in [1.82, 2.24) is 4.57 Å². The van der Waals surface area contributed by atoms with E-state index in [2.05, 4.69) is 18.4 Å². The van der Waals surface area contributed by atoms with Crippen LogP contribution in [0.25, 0.3) is 10.9 Å². The van der Waals surface area contributed by atoms with E-state index in [-0.39, 0.29) is 18.0 Å². The summed E-state index contributed by atoms with van der Waals surface area (Å²) in [5.74, 6) is -0.469. The van der Waals surface area contributed by atoms with Gasteiger partial charge in [0.1, 0.15) is 11.5 Å². The summed E-state index contributed by atoms with van der Waals surface area (Å²) in [5, 5.41) is 0.403. The number of pyridine rings is 1. The molecule has 2 N–H and O–H groups in total. The van der Waals surface area contributed by atoms with Gasteiger partial charge in [-0.1, -0.05) is 13.8 Å². The van der Waals surface area contributed by atoms with Crippen molar-refractivity contribution < 1.29 is 8.78 Å². The Morgan fingerprint density at radius 3 is 2.62 bits per heavy atom. The van der Waals surface area contributed by atoms with Gasteiger partial charge in [-0.25, -0.2) is 8.78 Å². The summed E-state index contributed by atoms with van der Waals surface area (Å²) in [5.41, 5.74) is 6.38. The predicted octanol–water partition coefficient (Wildman–Crippen LogP) is 4.39. The topological polar surface area (TPSA) is 51.3 Å². The molecule has 1 aliphatic carbocycles. The van der Waals surface area contributed by atoms with Gasteiger partial charge in [0.05, 0.1) is 23.3 Å². The first-order valence-electron chi connectivity index (χ1n) is 10.8. The summed E-state index contributed by atoms with van der Waals surface area (Å²) in [7, 11) is 0. The van der Waals surface area contributed by atoms with E-state index in [9.17, 15) is 4.79 Å². The lowest BCUT2D eigenvalue weighted by atomic mass is 9.89. The van der Waals surface area contributed by atoms with Gasteiger partial charge in [0, 0.05) is 29.7 Å². The third kappa shape index (κ3) is 2.82. The third-order valence-corrected chi connectivity index (χ3v) is 7.32. The number of alkyl halides is 1. The molecule has 1 aromatic heterocycles. The number of hydrogen-bond acceptors (Lipinski definition) is 3. The highest BCUT2D eigenvalue weighted by Gasteiger charge is 2.60. The number of anilines is 1. The Hall–Kier alpha value is -1.95. The molecule has 29 heavy (non-hydrogen) atoms. The van der Waals surface area contributed by atoms with Crippen LogP contribution in [0, 0.1) is 12.7 Å². The first-order valence-corrected chi connectivity index (χ1v) is 10.8. The Kier molecular flexibility index (Phi) is 4.76. The van der Waals surface area contributed by atoms with Crippen LogP contribution in [0.4, 0.5) is 14.5 Å². The molecule has 2 heterocycles. The molecule has 4 rings (SSSR count). The minimum absolute atomic E-state index is 0.105. The summed E-state index contributed by atoms with van der Waals surface area (Å²) in [6.45, 7) is 8.36. The van der Waals surface area contributed by atoms with Gasteiger partial charge in [0.25, 0.3) is 0 Å². The summed E-state index contributed by atoms with van der Waals surface area (Å²) >= 11 is 0. The number of nitrogens with two attached hydrogens (primary N) is 1. The zero-order chi connectivity index (χ0) is 21.1. The van der Waals surface area contributed by atoms with Gasteiger partial charge in [0.15, 0.2) is 5.43 Å². The van der Waals surface area contributed by atoms with E-state index in [1.165, 1.54) is 6.07 Å². The molecular weight excluding hydrogens is 372 g/mol. The van der Waals surface area contributed by atoms with Crippen molar-refractivity contribution in [2.24, 2.45) is 5.73 Å². The van der Waals surface area contributed by atoms with Crippen molar-refractivity contribution in [1.29, 1.82) is 0 Å². The first-order chi connectivity index (χ1) is 13.7. The number of rotatable bonds is 4. The number of hydrogen-bond donors (Lipinski definition) is 1. The maximum Gasteiger partial charge on any atom is 0.192 e. The average Bonchev–Trinajstić information content (AvgIpc) is 3.08. The molecule has 6 heteroatoms. The monoisotopic (exact) mass is 403 g/mol. The Labute approximate surface area is 170 Å². The van der Waals surface area contributed by atoms with E-state index in [1.54, 1.807) is 4.90 Å². The van der Waals surface area contributed by atoms with Crippen LogP contribution in [0.3, 0.4) is 0 Å². The summed E-state index contributed by atoms with van der Waals surface area (Å²) in [6.07, 6.45) is 5.20. The Bertz CT molecular complexity index is 1020. The van der Waals surface area contributed by atoms with Crippen LogP contribution in [0.15, 0.2) is 17.1 Å². The van der Waals surface area contributed by atoms with E-state index in [0.717, 1.165) is 18.4 Å². The molecule has 0 amide bonds. The zero-order valence-electron chi connectivity index (χ0n) is 17.8. The van der Waals surface area contributed by atoms with Gasteiger partial charge in [-0.2, -0.15) is 0 Å². The number of benzene rings is 1. The van der Waals surface area contributed by atoms with Crippen LogP contribution in [-0.2, 0) is 6.42 Å². The molecule has 0 radical (unpaired) electrons. The molecule has 158 valence electrons. The van der Waals surface area contributed by atoms with Crippen molar-refractivity contribution in [3.63, 3.8) is 0 Å². The number of aromatic nitrogens is 1. The third-order valence-electron chi connectivity index (χ3n) is 7.32. The molecule has 1 aliphatic heterocycles. The van der Waals surface area contributed by atoms with Crippen molar-refractivity contribution in [3.8, 4) is 0 Å². The number of halogens is 2. The Morgan fingerprint density at radius 2 is 2.00 bits per heavy atom. The minimum Gasteiger partial charge on any atom is -0.364 e. The van der Waals surface area contributed by atoms with Crippen molar-refractivity contribution in [3.05, 3.63) is 39.4 Å². The van der Waals surface area contributed by atoms with Gasteiger partial charge < -0.3 is 15.2 Å². The number of aryl methyl sites for hydroxylation is 2. The molecule has 1 saturated carbocycles. The highest BCUT2D eigenvalue weighted by molar-refractivity contribution is 5.88. The molecule has 3 unspecified atom stereocenters. The Morgan fingerprint density at radius 1 is 1.28 bits per heavy atom. The largest absolute Gasteiger partial charge is 0.364 e. The standard InChI is InChI=1S/C23H31F2N3O/c1-5-14(3)28-11-16(6-2)21(29)17-10-18(24)20(15(4)19(17)28)27-12-22(25)8-7-9-23(22,26)13-27/h10-11,14H,5-9,12-13,26H2,1-4H3. The maximum atomic E-state index is 15.5. The highest BCUT2D eigenvalue weighted by Crippen LogP contribution is 2.48. The summed E-state index contributed by atoms with van der Waals surface area (Å²) in [4.78, 5) is 14.7. The second-order valence-electron chi connectivity index (χ2n) is 9.06. The fraction of sp³-hybridized carbons (Fsp3) is 0.609. The lowest BCUT2D eigenvalue weighted by molar-refractivity contribution is 0.134. The van der Waals surface area contributed by atoms with Gasteiger partial charge in [-0.05, 0) is 57.6 Å². The van der Waals surface area contributed by atoms with Crippen LogP contribution in [0.2, 0.25) is 0 Å². The van der Waals surface area contributed by atoms with Gasteiger partial charge in [0.2, 0.25) is 0 Å². The second-order valence-corrected chi connectivity index (χ2v) is 9.06. The predicted molar refractivity (Wildman–Crippen MR) is 114 cm³/mol. The van der Waals surface area contributed by atoms with Gasteiger partial charge in [-0.15, -0.1) is 0 Å². The quantitative estimate of drug-likeness (QED) is 0.824. The van der Waals surface area contributed by atoms with Crippen LogP contribution >= 0.6 is 0 Å². The minimum atomic E-state index is -1.48. The highest BCUT2D eigenvalue weighted by atomic mass is 19.1. The summed E-state index contributed by atoms with van der Waals surface area (Å²) in [6, 6.07) is 1.51. The van der Waals surface area contributed by atoms with Crippen molar-refractivity contribution >= 4 is 16.6 Å². The molecule has 1 aromatic carbocycles. The second kappa shape index (κ2) is 6.79. The molecule has 3 atom stereocenters.